The number of carbonyl (C=O) groups excluding carboxylic acids is 2. The molecule has 0 spiro atoms. The molecule has 1 aliphatic rings. The zero-order valence-corrected chi connectivity index (χ0v) is 18.7. The molecule has 10 heteroatoms. The highest BCUT2D eigenvalue weighted by molar-refractivity contribution is 8.00. The minimum absolute atomic E-state index is 0.00824. The molecular formula is C21H17N5O2S3. The Hall–Kier alpha value is -2.87. The van der Waals surface area contributed by atoms with Gasteiger partial charge >= 0.3 is 0 Å². The molecule has 2 aromatic carbocycles. The summed E-state index contributed by atoms with van der Waals surface area (Å²) in [6.07, 6.45) is 0.179. The topological polar surface area (TPSA) is 99.0 Å². The van der Waals surface area contributed by atoms with Crippen LogP contribution in [0.5, 0.6) is 0 Å². The van der Waals surface area contributed by atoms with Gasteiger partial charge in [0.15, 0.2) is 4.34 Å². The quantitative estimate of drug-likeness (QED) is 0.411. The Bertz CT molecular complexity index is 1140. The third-order valence-electron chi connectivity index (χ3n) is 4.47. The van der Waals surface area contributed by atoms with Gasteiger partial charge in [0.2, 0.25) is 16.9 Å². The van der Waals surface area contributed by atoms with Crippen LogP contribution in [-0.2, 0) is 15.3 Å². The van der Waals surface area contributed by atoms with Crippen LogP contribution >= 0.6 is 34.9 Å². The normalized spacial score (nSPS) is 12.9. The number of rotatable bonds is 7. The summed E-state index contributed by atoms with van der Waals surface area (Å²) in [4.78, 5) is 27.4. The number of nitriles is 1. The summed E-state index contributed by atoms with van der Waals surface area (Å²) in [6, 6.07) is 17.2. The van der Waals surface area contributed by atoms with Gasteiger partial charge < -0.3 is 10.2 Å². The number of hydrogen-bond acceptors (Lipinski definition) is 8. The molecule has 0 bridgehead atoms. The molecule has 1 aromatic heterocycles. The number of fused-ring (bicyclic) bond motifs is 1. The molecule has 0 fully saturated rings. The molecule has 1 N–H and O–H groups in total. The van der Waals surface area contributed by atoms with Crippen molar-refractivity contribution < 1.29 is 9.59 Å². The Morgan fingerprint density at radius 2 is 2.00 bits per heavy atom. The number of carbonyl (C=O) groups is 2. The lowest BCUT2D eigenvalue weighted by atomic mass is 10.2. The first-order valence-corrected chi connectivity index (χ1v) is 12.2. The minimum Gasteiger partial charge on any atom is -0.310 e. The van der Waals surface area contributed by atoms with Crippen LogP contribution in [0.2, 0.25) is 0 Å². The maximum absolute atomic E-state index is 12.4. The van der Waals surface area contributed by atoms with Gasteiger partial charge in [-0.3, -0.25) is 9.59 Å². The maximum atomic E-state index is 12.4. The summed E-state index contributed by atoms with van der Waals surface area (Å²) >= 11 is 4.35. The maximum Gasteiger partial charge on any atom is 0.237 e. The predicted molar refractivity (Wildman–Crippen MR) is 123 cm³/mol. The van der Waals surface area contributed by atoms with Gasteiger partial charge in [-0.2, -0.15) is 5.26 Å². The smallest absolute Gasteiger partial charge is 0.237 e. The van der Waals surface area contributed by atoms with Crippen molar-refractivity contribution in [2.45, 2.75) is 21.4 Å². The molecule has 0 saturated heterocycles. The molecule has 2 heterocycles. The summed E-state index contributed by atoms with van der Waals surface area (Å²) in [6.45, 7) is 0.321. The molecule has 7 nitrogen and oxygen atoms in total. The average molecular weight is 468 g/mol. The second kappa shape index (κ2) is 9.96. The predicted octanol–water partition coefficient (Wildman–Crippen LogP) is 4.17. The van der Waals surface area contributed by atoms with Crippen molar-refractivity contribution in [3.05, 3.63) is 59.7 Å². The van der Waals surface area contributed by atoms with Crippen LogP contribution in [0.25, 0.3) is 0 Å². The Labute approximate surface area is 191 Å². The van der Waals surface area contributed by atoms with Crippen LogP contribution in [0.3, 0.4) is 0 Å². The summed E-state index contributed by atoms with van der Waals surface area (Å²) in [5.41, 5.74) is 2.56. The summed E-state index contributed by atoms with van der Waals surface area (Å²) in [5, 5.41) is 20.2. The first-order chi connectivity index (χ1) is 15.1. The van der Waals surface area contributed by atoms with E-state index < -0.39 is 0 Å². The van der Waals surface area contributed by atoms with E-state index in [-0.39, 0.29) is 18.2 Å². The molecule has 1 aliphatic heterocycles. The largest absolute Gasteiger partial charge is 0.310 e. The Morgan fingerprint density at radius 3 is 2.81 bits per heavy atom. The van der Waals surface area contributed by atoms with E-state index in [9.17, 15) is 9.59 Å². The third-order valence-corrected chi connectivity index (χ3v) is 7.56. The zero-order valence-electron chi connectivity index (χ0n) is 16.3. The lowest BCUT2D eigenvalue weighted by molar-refractivity contribution is -0.117. The number of nitrogens with one attached hydrogen (secondary N) is 1. The standard InChI is InChI=1S/C21H17N5O2S3/c22-11-14-5-7-15(8-6-14)12-30-21-25-24-20(31-21)23-18(27)9-10-26-16-3-1-2-4-17(16)29-13-19(26)28/h1-8H,9-10,12-13H2,(H,23,24,27). The van der Waals surface area contributed by atoms with E-state index >= 15 is 0 Å². The fourth-order valence-corrected chi connectivity index (χ4v) is 5.59. The van der Waals surface area contributed by atoms with E-state index in [2.05, 4.69) is 21.6 Å². The number of thioether (sulfide) groups is 2. The van der Waals surface area contributed by atoms with Crippen molar-refractivity contribution in [3.63, 3.8) is 0 Å². The summed E-state index contributed by atoms with van der Waals surface area (Å²) in [7, 11) is 0. The Kier molecular flexibility index (Phi) is 6.86. The fraction of sp³-hybridized carbons (Fsp3) is 0.190. The molecule has 0 saturated carbocycles. The Morgan fingerprint density at radius 1 is 1.19 bits per heavy atom. The monoisotopic (exact) mass is 467 g/mol. The SMILES string of the molecule is N#Cc1ccc(CSc2nnc(NC(=O)CCN3C(=O)CSc4ccccc43)s2)cc1. The molecule has 0 aliphatic carbocycles. The second-order valence-corrected chi connectivity index (χ2v) is 9.79. The van der Waals surface area contributed by atoms with Crippen molar-refractivity contribution in [1.82, 2.24) is 10.2 Å². The third kappa shape index (κ3) is 5.44. The highest BCUT2D eigenvalue weighted by atomic mass is 32.2. The van der Waals surface area contributed by atoms with Crippen LogP contribution in [0.15, 0.2) is 57.8 Å². The first kappa shape index (κ1) is 21.4. The summed E-state index contributed by atoms with van der Waals surface area (Å²) in [5.74, 6) is 0.884. The van der Waals surface area contributed by atoms with E-state index in [0.717, 1.165) is 20.5 Å². The number of aromatic nitrogens is 2. The molecule has 4 rings (SSSR count). The lowest BCUT2D eigenvalue weighted by Crippen LogP contribution is -2.37. The fourth-order valence-electron chi connectivity index (χ4n) is 2.93. The molecule has 2 amide bonds. The van der Waals surface area contributed by atoms with Gasteiger partial charge in [0.1, 0.15) is 0 Å². The number of nitrogens with zero attached hydrogens (tertiary/aromatic N) is 4. The first-order valence-electron chi connectivity index (χ1n) is 9.40. The summed E-state index contributed by atoms with van der Waals surface area (Å²) < 4.78 is 0.747. The van der Waals surface area contributed by atoms with Crippen molar-refractivity contribution in [2.24, 2.45) is 0 Å². The Balaban J connectivity index is 1.28. The molecule has 0 radical (unpaired) electrons. The molecule has 156 valence electrons. The van der Waals surface area contributed by atoms with Gasteiger partial charge in [0.25, 0.3) is 0 Å². The van der Waals surface area contributed by atoms with Crippen molar-refractivity contribution in [1.29, 1.82) is 5.26 Å². The number of amides is 2. The van der Waals surface area contributed by atoms with E-state index in [0.29, 0.717) is 28.7 Å². The van der Waals surface area contributed by atoms with E-state index in [1.807, 2.05) is 36.4 Å². The lowest BCUT2D eigenvalue weighted by Gasteiger charge is -2.28. The minimum atomic E-state index is -0.205. The van der Waals surface area contributed by atoms with Gasteiger partial charge in [0, 0.05) is 23.6 Å². The number of anilines is 2. The number of benzene rings is 2. The van der Waals surface area contributed by atoms with Crippen LogP contribution in [0, 0.1) is 11.3 Å². The van der Waals surface area contributed by atoms with Crippen molar-refractivity contribution in [3.8, 4) is 6.07 Å². The van der Waals surface area contributed by atoms with Crippen LogP contribution in [0.1, 0.15) is 17.5 Å². The van der Waals surface area contributed by atoms with E-state index in [4.69, 9.17) is 5.26 Å². The highest BCUT2D eigenvalue weighted by Crippen LogP contribution is 2.35. The van der Waals surface area contributed by atoms with E-state index in [1.165, 1.54) is 34.9 Å². The van der Waals surface area contributed by atoms with Gasteiger partial charge in [-0.25, -0.2) is 0 Å². The second-order valence-electron chi connectivity index (χ2n) is 6.57. The van der Waals surface area contributed by atoms with Crippen molar-refractivity contribution >= 4 is 57.5 Å². The van der Waals surface area contributed by atoms with Crippen LogP contribution in [0.4, 0.5) is 10.8 Å². The van der Waals surface area contributed by atoms with Gasteiger partial charge in [-0.15, -0.1) is 22.0 Å². The molecular weight excluding hydrogens is 450 g/mol. The van der Waals surface area contributed by atoms with E-state index in [1.54, 1.807) is 17.0 Å². The zero-order chi connectivity index (χ0) is 21.6. The molecule has 0 unspecified atom stereocenters. The number of para-hydroxylation sites is 1. The van der Waals surface area contributed by atoms with Crippen LogP contribution in [-0.4, -0.2) is 34.3 Å². The molecule has 31 heavy (non-hydrogen) atoms. The van der Waals surface area contributed by atoms with Crippen LogP contribution < -0.4 is 10.2 Å². The number of hydrogen-bond donors (Lipinski definition) is 1. The van der Waals surface area contributed by atoms with Gasteiger partial charge in [0.05, 0.1) is 23.1 Å². The highest BCUT2D eigenvalue weighted by Gasteiger charge is 2.24. The van der Waals surface area contributed by atoms with Gasteiger partial charge in [-0.1, -0.05) is 47.4 Å². The molecule has 3 aromatic rings. The van der Waals surface area contributed by atoms with Crippen molar-refractivity contribution in [2.75, 3.05) is 22.5 Å². The van der Waals surface area contributed by atoms with Gasteiger partial charge in [-0.05, 0) is 29.8 Å². The molecule has 0 atom stereocenters. The average Bonchev–Trinajstić information content (AvgIpc) is 3.24.